The minimum absolute atomic E-state index is 0.271. The molecule has 0 aromatic heterocycles. The number of thioether (sulfide) groups is 1. The number of amidine groups is 1. The van der Waals surface area contributed by atoms with Gasteiger partial charge in [-0.05, 0) is 18.9 Å². The maximum Gasteiger partial charge on any atom is 0.156 e. The Hall–Kier alpha value is -0.260. The molecule has 4 nitrogen and oxygen atoms in total. The lowest BCUT2D eigenvalue weighted by Gasteiger charge is -2.31. The first-order valence-corrected chi connectivity index (χ1v) is 8.43. The number of hydrogen-bond acceptors (Lipinski definition) is 4. The lowest BCUT2D eigenvalue weighted by molar-refractivity contribution is -0.0209. The Morgan fingerprint density at radius 3 is 3.11 bits per heavy atom. The fourth-order valence-electron chi connectivity index (χ4n) is 2.59. The zero-order valence-electron chi connectivity index (χ0n) is 12.4. The van der Waals surface area contributed by atoms with Gasteiger partial charge in [0.1, 0.15) is 0 Å². The quantitative estimate of drug-likeness (QED) is 0.836. The van der Waals surface area contributed by atoms with Crippen molar-refractivity contribution in [1.82, 2.24) is 10.2 Å². The second-order valence-corrected chi connectivity index (χ2v) is 6.82. The number of rotatable bonds is 5. The Bertz CT molecular complexity index is 309. The van der Waals surface area contributed by atoms with Crippen LogP contribution in [0.25, 0.3) is 0 Å². The molecule has 5 heteroatoms. The van der Waals surface area contributed by atoms with Gasteiger partial charge in [-0.2, -0.15) is 0 Å². The van der Waals surface area contributed by atoms with Crippen LogP contribution in [0.5, 0.6) is 0 Å². The van der Waals surface area contributed by atoms with E-state index in [9.17, 15) is 0 Å². The van der Waals surface area contributed by atoms with Crippen LogP contribution in [0.3, 0.4) is 0 Å². The van der Waals surface area contributed by atoms with Crippen LogP contribution in [-0.2, 0) is 4.74 Å². The number of ether oxygens (including phenoxy) is 1. The van der Waals surface area contributed by atoms with E-state index in [4.69, 9.17) is 4.74 Å². The lowest BCUT2D eigenvalue weighted by Crippen LogP contribution is -2.43. The van der Waals surface area contributed by atoms with Crippen molar-refractivity contribution in [3.8, 4) is 0 Å². The summed E-state index contributed by atoms with van der Waals surface area (Å²) in [6.45, 7) is 11.6. The smallest absolute Gasteiger partial charge is 0.156 e. The molecule has 2 atom stereocenters. The third-order valence-electron chi connectivity index (χ3n) is 3.61. The molecule has 0 saturated carbocycles. The predicted octanol–water partition coefficient (Wildman–Crippen LogP) is 1.81. The zero-order valence-corrected chi connectivity index (χ0v) is 13.2. The van der Waals surface area contributed by atoms with Gasteiger partial charge in [-0.25, -0.2) is 0 Å². The summed E-state index contributed by atoms with van der Waals surface area (Å²) < 4.78 is 5.78. The maximum absolute atomic E-state index is 5.78. The molecule has 0 radical (unpaired) electrons. The van der Waals surface area contributed by atoms with Gasteiger partial charge >= 0.3 is 0 Å². The molecule has 2 rings (SSSR count). The predicted molar refractivity (Wildman–Crippen MR) is 83.0 cm³/mol. The highest BCUT2D eigenvalue weighted by molar-refractivity contribution is 8.14. The van der Waals surface area contributed by atoms with Crippen LogP contribution in [0.2, 0.25) is 0 Å². The highest BCUT2D eigenvalue weighted by Gasteiger charge is 2.22. The first-order valence-electron chi connectivity index (χ1n) is 7.45. The van der Waals surface area contributed by atoms with Crippen molar-refractivity contribution in [1.29, 1.82) is 0 Å². The number of nitrogens with zero attached hydrogens (tertiary/aromatic N) is 2. The van der Waals surface area contributed by atoms with E-state index in [1.54, 1.807) is 0 Å². The Labute approximate surface area is 121 Å². The van der Waals surface area contributed by atoms with Crippen LogP contribution in [0.1, 0.15) is 27.2 Å². The van der Waals surface area contributed by atoms with Crippen LogP contribution >= 0.6 is 11.8 Å². The van der Waals surface area contributed by atoms with E-state index in [0.717, 1.165) is 49.6 Å². The standard InChI is InChI=1S/C14H27N3OS/c1-4-17-5-6-18-13(9-17)8-15-14-16-12(10-19-14)7-11(2)3/h11-13H,4-10H2,1-3H3,(H,15,16). The van der Waals surface area contributed by atoms with Crippen LogP contribution in [0, 0.1) is 5.92 Å². The Morgan fingerprint density at radius 1 is 1.53 bits per heavy atom. The van der Waals surface area contributed by atoms with Gasteiger partial charge in [0.2, 0.25) is 0 Å². The van der Waals surface area contributed by atoms with Crippen molar-refractivity contribution in [2.75, 3.05) is 38.5 Å². The van der Waals surface area contributed by atoms with E-state index >= 15 is 0 Å². The molecule has 2 aliphatic heterocycles. The second-order valence-electron chi connectivity index (χ2n) is 5.81. The van der Waals surface area contributed by atoms with E-state index in [-0.39, 0.29) is 6.10 Å². The van der Waals surface area contributed by atoms with Gasteiger partial charge in [-0.1, -0.05) is 32.5 Å². The summed E-state index contributed by atoms with van der Waals surface area (Å²) in [5.41, 5.74) is 0. The summed E-state index contributed by atoms with van der Waals surface area (Å²) in [6, 6.07) is 0.600. The van der Waals surface area contributed by atoms with E-state index in [2.05, 4.69) is 36.0 Å². The summed E-state index contributed by atoms with van der Waals surface area (Å²) in [5, 5.41) is 4.64. The van der Waals surface area contributed by atoms with Crippen LogP contribution in [0.4, 0.5) is 0 Å². The number of nitrogens with one attached hydrogen (secondary N) is 1. The second kappa shape index (κ2) is 7.50. The number of morpholine rings is 1. The molecule has 2 heterocycles. The molecule has 0 amide bonds. The highest BCUT2D eigenvalue weighted by Crippen LogP contribution is 2.19. The summed E-state index contributed by atoms with van der Waals surface area (Å²) in [4.78, 5) is 7.13. The van der Waals surface area contributed by atoms with Crippen LogP contribution in [-0.4, -0.2) is 60.8 Å². The highest BCUT2D eigenvalue weighted by atomic mass is 32.2. The van der Waals surface area contributed by atoms with E-state index in [0.29, 0.717) is 6.04 Å². The average molecular weight is 285 g/mol. The van der Waals surface area contributed by atoms with Crippen LogP contribution < -0.4 is 5.32 Å². The van der Waals surface area contributed by atoms with Gasteiger partial charge in [-0.3, -0.25) is 9.89 Å². The van der Waals surface area contributed by atoms with Crippen molar-refractivity contribution >= 4 is 16.9 Å². The summed E-state index contributed by atoms with van der Waals surface area (Å²) in [5.74, 6) is 1.90. The fraction of sp³-hybridized carbons (Fsp3) is 0.929. The van der Waals surface area contributed by atoms with Crippen LogP contribution in [0.15, 0.2) is 4.99 Å². The molecule has 2 fully saturated rings. The maximum atomic E-state index is 5.78. The normalized spacial score (nSPS) is 31.1. The Kier molecular flexibility index (Phi) is 5.98. The van der Waals surface area contributed by atoms with Gasteiger partial charge in [0, 0.05) is 24.9 Å². The molecule has 2 aliphatic rings. The molecule has 0 aromatic rings. The molecule has 0 aliphatic carbocycles. The largest absolute Gasteiger partial charge is 0.374 e. The lowest BCUT2D eigenvalue weighted by atomic mass is 10.1. The van der Waals surface area contributed by atoms with Gasteiger partial charge in [0.25, 0.3) is 0 Å². The van der Waals surface area contributed by atoms with Crippen molar-refractivity contribution in [2.24, 2.45) is 10.9 Å². The summed E-state index contributed by atoms with van der Waals surface area (Å²) in [7, 11) is 0. The first kappa shape index (κ1) is 15.1. The van der Waals surface area contributed by atoms with E-state index in [1.165, 1.54) is 6.42 Å². The summed E-state index contributed by atoms with van der Waals surface area (Å²) in [6.07, 6.45) is 1.50. The molecule has 19 heavy (non-hydrogen) atoms. The molecule has 2 saturated heterocycles. The topological polar surface area (TPSA) is 36.9 Å². The summed E-state index contributed by atoms with van der Waals surface area (Å²) >= 11 is 1.86. The van der Waals surface area contributed by atoms with Crippen molar-refractivity contribution in [3.63, 3.8) is 0 Å². The molecule has 0 aromatic carbocycles. The van der Waals surface area contributed by atoms with E-state index < -0.39 is 0 Å². The Balaban J connectivity index is 1.73. The third kappa shape index (κ3) is 4.97. The zero-order chi connectivity index (χ0) is 13.7. The van der Waals surface area contributed by atoms with Gasteiger partial charge in [0.05, 0.1) is 19.3 Å². The SMILES string of the molecule is CCN1CCOC(CN=C2NC(CC(C)C)CS2)C1. The van der Waals surface area contributed by atoms with E-state index in [1.807, 2.05) is 11.8 Å². The first-order chi connectivity index (χ1) is 9.17. The number of likely N-dealkylation sites (N-methyl/N-ethyl adjacent to an activating group) is 1. The van der Waals surface area contributed by atoms with Gasteiger partial charge < -0.3 is 10.1 Å². The molecular formula is C14H27N3OS. The molecule has 2 unspecified atom stereocenters. The Morgan fingerprint density at radius 2 is 2.37 bits per heavy atom. The molecule has 1 N–H and O–H groups in total. The molecule has 0 spiro atoms. The third-order valence-corrected chi connectivity index (χ3v) is 4.70. The van der Waals surface area contributed by atoms with Gasteiger partial charge in [0.15, 0.2) is 5.17 Å². The average Bonchev–Trinajstić information content (AvgIpc) is 2.83. The van der Waals surface area contributed by atoms with Crippen molar-refractivity contribution < 1.29 is 4.74 Å². The molecule has 0 bridgehead atoms. The minimum Gasteiger partial charge on any atom is -0.374 e. The molecule has 110 valence electrons. The van der Waals surface area contributed by atoms with Crippen molar-refractivity contribution in [2.45, 2.75) is 39.3 Å². The minimum atomic E-state index is 0.271. The molecular weight excluding hydrogens is 258 g/mol. The fourth-order valence-corrected chi connectivity index (χ4v) is 3.58. The monoisotopic (exact) mass is 285 g/mol. The number of hydrogen-bond donors (Lipinski definition) is 1. The van der Waals surface area contributed by atoms with Crippen molar-refractivity contribution in [3.05, 3.63) is 0 Å². The number of aliphatic imine (C=N–C) groups is 1. The van der Waals surface area contributed by atoms with Gasteiger partial charge in [-0.15, -0.1) is 0 Å².